The highest BCUT2D eigenvalue weighted by Gasteiger charge is 2.44. The second kappa shape index (κ2) is 10.6. The summed E-state index contributed by atoms with van der Waals surface area (Å²) in [4.78, 5) is 20.7. The Hall–Kier alpha value is -2.98. The van der Waals surface area contributed by atoms with Gasteiger partial charge in [0, 0.05) is 23.7 Å². The van der Waals surface area contributed by atoms with Gasteiger partial charge in [0.05, 0.1) is 17.5 Å². The molecule has 0 N–H and O–H groups in total. The number of aromatic nitrogens is 1. The molecule has 3 aromatic rings. The number of ether oxygens (including phenoxy) is 1. The van der Waals surface area contributed by atoms with Gasteiger partial charge in [0.1, 0.15) is 6.10 Å². The summed E-state index contributed by atoms with van der Waals surface area (Å²) in [5.74, 6) is 1.23. The Morgan fingerprint density at radius 2 is 1.92 bits per heavy atom. The van der Waals surface area contributed by atoms with Crippen LogP contribution in [0.15, 0.2) is 73.4 Å². The van der Waals surface area contributed by atoms with Gasteiger partial charge in [0.15, 0.2) is 0 Å². The fourth-order valence-electron chi connectivity index (χ4n) is 6.18. The van der Waals surface area contributed by atoms with Crippen LogP contribution in [0.4, 0.5) is 0 Å². The van der Waals surface area contributed by atoms with Crippen molar-refractivity contribution in [2.24, 2.45) is 17.8 Å². The van der Waals surface area contributed by atoms with E-state index in [0.717, 1.165) is 48.0 Å². The monoisotopic (exact) mass is 482 g/mol. The molecule has 0 spiro atoms. The minimum atomic E-state index is -0.332. The molecule has 6 atom stereocenters. The van der Waals surface area contributed by atoms with Gasteiger partial charge in [-0.1, -0.05) is 62.4 Å². The number of esters is 1. The number of carbonyl (C=O) groups is 1. The van der Waals surface area contributed by atoms with Crippen LogP contribution >= 0.6 is 0 Å². The number of pyridine rings is 1. The normalized spacial score (nSPS) is 25.0. The van der Waals surface area contributed by atoms with Gasteiger partial charge in [-0.15, -0.1) is 6.58 Å². The SMILES string of the molecule is C=C[C@H]1CN2CC[C@@H]1C[C@H]2[C@H](OC(=O)[C@@H](C)c1ccc(CC(C)C)cc1)c1ccnc2ccccc12. The summed E-state index contributed by atoms with van der Waals surface area (Å²) in [7, 11) is 0. The van der Waals surface area contributed by atoms with Gasteiger partial charge in [-0.3, -0.25) is 14.7 Å². The molecular formula is C32H38N2O2. The second-order valence-corrected chi connectivity index (χ2v) is 11.1. The molecule has 4 heteroatoms. The number of fused-ring (bicyclic) bond motifs is 4. The molecule has 2 bridgehead atoms. The quantitative estimate of drug-likeness (QED) is 0.264. The molecule has 6 rings (SSSR count). The van der Waals surface area contributed by atoms with Crippen molar-refractivity contribution in [3.8, 4) is 0 Å². The minimum absolute atomic E-state index is 0.162. The Balaban J connectivity index is 1.44. The lowest BCUT2D eigenvalue weighted by Crippen LogP contribution is -2.55. The molecule has 4 nitrogen and oxygen atoms in total. The van der Waals surface area contributed by atoms with Crippen molar-refractivity contribution in [1.29, 1.82) is 0 Å². The average molecular weight is 483 g/mol. The van der Waals surface area contributed by atoms with Gasteiger partial charge >= 0.3 is 5.97 Å². The molecule has 1 aromatic heterocycles. The van der Waals surface area contributed by atoms with E-state index in [9.17, 15) is 4.79 Å². The van der Waals surface area contributed by atoms with Crippen LogP contribution in [0.5, 0.6) is 0 Å². The molecule has 3 aliphatic rings. The Morgan fingerprint density at radius 1 is 1.14 bits per heavy atom. The van der Waals surface area contributed by atoms with Gasteiger partial charge in [-0.25, -0.2) is 0 Å². The molecular weight excluding hydrogens is 444 g/mol. The lowest BCUT2D eigenvalue weighted by atomic mass is 9.73. The maximum Gasteiger partial charge on any atom is 0.313 e. The van der Waals surface area contributed by atoms with Gasteiger partial charge in [0.2, 0.25) is 0 Å². The smallest absolute Gasteiger partial charge is 0.313 e. The van der Waals surface area contributed by atoms with Crippen LogP contribution in [-0.4, -0.2) is 35.0 Å². The lowest BCUT2D eigenvalue weighted by molar-refractivity contribution is -0.158. The number of hydrogen-bond donors (Lipinski definition) is 0. The maximum absolute atomic E-state index is 13.6. The van der Waals surface area contributed by atoms with Crippen molar-refractivity contribution in [3.05, 3.63) is 90.1 Å². The predicted molar refractivity (Wildman–Crippen MR) is 146 cm³/mol. The Morgan fingerprint density at radius 3 is 2.61 bits per heavy atom. The topological polar surface area (TPSA) is 42.4 Å². The zero-order valence-electron chi connectivity index (χ0n) is 21.8. The summed E-state index contributed by atoms with van der Waals surface area (Å²) in [6.45, 7) is 12.5. The van der Waals surface area contributed by atoms with Gasteiger partial charge < -0.3 is 4.74 Å². The van der Waals surface area contributed by atoms with Crippen LogP contribution < -0.4 is 0 Å². The maximum atomic E-state index is 13.6. The first-order valence-corrected chi connectivity index (χ1v) is 13.4. The Bertz CT molecular complexity index is 1210. The van der Waals surface area contributed by atoms with Crippen molar-refractivity contribution in [2.45, 2.75) is 58.1 Å². The number of para-hydroxylation sites is 1. The van der Waals surface area contributed by atoms with E-state index < -0.39 is 0 Å². The summed E-state index contributed by atoms with van der Waals surface area (Å²) < 4.78 is 6.48. The molecule has 0 amide bonds. The van der Waals surface area contributed by atoms with Crippen molar-refractivity contribution in [3.63, 3.8) is 0 Å². The number of nitrogens with zero attached hydrogens (tertiary/aromatic N) is 2. The van der Waals surface area contributed by atoms with Crippen molar-refractivity contribution in [2.75, 3.05) is 13.1 Å². The number of carbonyl (C=O) groups excluding carboxylic acids is 1. The summed E-state index contributed by atoms with van der Waals surface area (Å²) in [5.41, 5.74) is 4.30. The number of rotatable bonds is 8. The number of hydrogen-bond acceptors (Lipinski definition) is 4. The fraction of sp³-hybridized carbons (Fsp3) is 0.438. The molecule has 36 heavy (non-hydrogen) atoms. The minimum Gasteiger partial charge on any atom is -0.455 e. The summed E-state index contributed by atoms with van der Waals surface area (Å²) in [5, 5.41) is 1.06. The molecule has 1 unspecified atom stereocenters. The largest absolute Gasteiger partial charge is 0.455 e. The third-order valence-electron chi connectivity index (χ3n) is 8.21. The predicted octanol–water partition coefficient (Wildman–Crippen LogP) is 6.72. The van der Waals surface area contributed by atoms with Crippen molar-refractivity contribution < 1.29 is 9.53 Å². The Kier molecular flexibility index (Phi) is 7.25. The van der Waals surface area contributed by atoms with E-state index in [1.807, 2.05) is 37.4 Å². The van der Waals surface area contributed by atoms with Crippen molar-refractivity contribution >= 4 is 16.9 Å². The summed E-state index contributed by atoms with van der Waals surface area (Å²) in [6.07, 6.45) is 6.87. The van der Waals surface area contributed by atoms with E-state index in [1.165, 1.54) is 12.0 Å². The highest BCUT2D eigenvalue weighted by Crippen LogP contribution is 2.43. The second-order valence-electron chi connectivity index (χ2n) is 11.1. The molecule has 0 saturated carbocycles. The van der Waals surface area contributed by atoms with E-state index in [1.54, 1.807) is 0 Å². The number of benzene rings is 2. The number of piperidine rings is 3. The Labute approximate surface area is 215 Å². The van der Waals surface area contributed by atoms with Crippen LogP contribution in [0, 0.1) is 17.8 Å². The zero-order chi connectivity index (χ0) is 25.2. The van der Waals surface area contributed by atoms with Crippen LogP contribution in [0.3, 0.4) is 0 Å². The van der Waals surface area contributed by atoms with Crippen LogP contribution in [-0.2, 0) is 16.0 Å². The summed E-state index contributed by atoms with van der Waals surface area (Å²) in [6, 6.07) is 18.8. The van der Waals surface area contributed by atoms with Crippen LogP contribution in [0.1, 0.15) is 62.3 Å². The first-order valence-electron chi connectivity index (χ1n) is 13.4. The van der Waals surface area contributed by atoms with Crippen molar-refractivity contribution in [1.82, 2.24) is 9.88 Å². The molecule has 3 fully saturated rings. The highest BCUT2D eigenvalue weighted by atomic mass is 16.5. The van der Waals surface area contributed by atoms with E-state index in [4.69, 9.17) is 4.74 Å². The lowest BCUT2D eigenvalue weighted by Gasteiger charge is -2.51. The standard InChI is InChI=1S/C32H38N2O2/c1-5-24-20-34-17-15-26(24)19-30(34)31(28-14-16-33-29-9-7-6-8-27(28)29)36-32(35)22(4)25-12-10-23(11-13-25)18-21(2)3/h5-14,16,21-22,24,26,30-31H,1,15,17-20H2,2-4H3/t22-,24-,26+,30-,31+/m0/s1. The molecule has 3 saturated heterocycles. The first-order chi connectivity index (χ1) is 17.4. The van der Waals surface area contributed by atoms with E-state index in [-0.39, 0.29) is 24.0 Å². The molecule has 188 valence electrons. The first kappa shape index (κ1) is 24.7. The fourth-order valence-corrected chi connectivity index (χ4v) is 6.18. The van der Waals surface area contributed by atoms with Gasteiger partial charge in [0.25, 0.3) is 0 Å². The van der Waals surface area contributed by atoms with Gasteiger partial charge in [-0.2, -0.15) is 0 Å². The molecule has 3 aliphatic heterocycles. The van der Waals surface area contributed by atoms with E-state index >= 15 is 0 Å². The average Bonchev–Trinajstić information content (AvgIpc) is 2.91. The molecule has 0 radical (unpaired) electrons. The summed E-state index contributed by atoms with van der Waals surface area (Å²) >= 11 is 0. The van der Waals surface area contributed by atoms with E-state index in [2.05, 4.69) is 66.7 Å². The van der Waals surface area contributed by atoms with Crippen LogP contribution in [0.25, 0.3) is 10.9 Å². The van der Waals surface area contributed by atoms with Crippen LogP contribution in [0.2, 0.25) is 0 Å². The third kappa shape index (κ3) is 4.97. The third-order valence-corrected chi connectivity index (χ3v) is 8.21. The molecule has 2 aromatic carbocycles. The molecule has 0 aliphatic carbocycles. The highest BCUT2D eigenvalue weighted by molar-refractivity contribution is 5.83. The van der Waals surface area contributed by atoms with Gasteiger partial charge in [-0.05, 0) is 73.7 Å². The van der Waals surface area contributed by atoms with E-state index in [0.29, 0.717) is 17.8 Å². The molecule has 4 heterocycles. The zero-order valence-corrected chi connectivity index (χ0v) is 21.8.